The third-order valence-electron chi connectivity index (χ3n) is 2.97. The van der Waals surface area contributed by atoms with Crippen molar-refractivity contribution in [3.8, 4) is 17.2 Å². The van der Waals surface area contributed by atoms with E-state index < -0.39 is 0 Å². The van der Waals surface area contributed by atoms with Crippen LogP contribution in [0.2, 0.25) is 0 Å². The van der Waals surface area contributed by atoms with Crippen molar-refractivity contribution in [3.63, 3.8) is 0 Å². The van der Waals surface area contributed by atoms with E-state index in [4.69, 9.17) is 9.47 Å². The van der Waals surface area contributed by atoms with Gasteiger partial charge in [-0.2, -0.15) is 0 Å². The number of phenols is 1. The fourth-order valence-corrected chi connectivity index (χ4v) is 1.89. The van der Waals surface area contributed by atoms with E-state index in [2.05, 4.69) is 5.32 Å². The van der Waals surface area contributed by atoms with Crippen molar-refractivity contribution in [2.45, 2.75) is 0 Å². The number of methoxy groups -OCH3 is 2. The second kappa shape index (κ2) is 7.17. The highest BCUT2D eigenvalue weighted by atomic mass is 16.5. The fraction of sp³-hybridized carbons (Fsp3) is 0.118. The molecule has 5 nitrogen and oxygen atoms in total. The summed E-state index contributed by atoms with van der Waals surface area (Å²) in [5.74, 6) is 1.08. The summed E-state index contributed by atoms with van der Waals surface area (Å²) in [6, 6.07) is 11.7. The maximum absolute atomic E-state index is 11.9. The lowest BCUT2D eigenvalue weighted by Gasteiger charge is -2.07. The zero-order chi connectivity index (χ0) is 15.9. The van der Waals surface area contributed by atoms with Crippen molar-refractivity contribution in [1.82, 2.24) is 0 Å². The Bertz CT molecular complexity index is 695. The second-order valence-electron chi connectivity index (χ2n) is 4.48. The largest absolute Gasteiger partial charge is 0.508 e. The van der Waals surface area contributed by atoms with Crippen LogP contribution in [0.25, 0.3) is 6.08 Å². The van der Waals surface area contributed by atoms with Gasteiger partial charge < -0.3 is 19.9 Å². The Kier molecular flexibility index (Phi) is 5.03. The van der Waals surface area contributed by atoms with Gasteiger partial charge in [0, 0.05) is 29.5 Å². The number of rotatable bonds is 5. The number of phenolic OH excluding ortho intramolecular Hbond substituents is 1. The standard InChI is InChI=1S/C17H17NO4/c1-21-15-8-6-12(16(11-15)22-2)7-9-17(20)18-13-4-3-5-14(19)10-13/h3-11,19H,1-2H3,(H,18,20)/b9-7+. The Morgan fingerprint density at radius 3 is 2.64 bits per heavy atom. The molecule has 2 N–H and O–H groups in total. The number of amides is 1. The van der Waals surface area contributed by atoms with E-state index >= 15 is 0 Å². The lowest BCUT2D eigenvalue weighted by atomic mass is 10.1. The molecule has 0 radical (unpaired) electrons. The summed E-state index contributed by atoms with van der Waals surface area (Å²) in [6.07, 6.45) is 3.05. The highest BCUT2D eigenvalue weighted by Crippen LogP contribution is 2.25. The Balaban J connectivity index is 2.09. The van der Waals surface area contributed by atoms with Crippen molar-refractivity contribution >= 4 is 17.7 Å². The molecule has 114 valence electrons. The summed E-state index contributed by atoms with van der Waals surface area (Å²) < 4.78 is 10.4. The number of hydrogen-bond acceptors (Lipinski definition) is 4. The lowest BCUT2D eigenvalue weighted by Crippen LogP contribution is -2.07. The predicted molar refractivity (Wildman–Crippen MR) is 85.3 cm³/mol. The van der Waals surface area contributed by atoms with E-state index in [0.29, 0.717) is 17.2 Å². The number of nitrogens with one attached hydrogen (secondary N) is 1. The normalized spacial score (nSPS) is 10.5. The van der Waals surface area contributed by atoms with Gasteiger partial charge in [0.15, 0.2) is 0 Å². The van der Waals surface area contributed by atoms with Crippen molar-refractivity contribution in [3.05, 3.63) is 54.1 Å². The van der Waals surface area contributed by atoms with Crippen LogP contribution < -0.4 is 14.8 Å². The van der Waals surface area contributed by atoms with Gasteiger partial charge >= 0.3 is 0 Å². The molecule has 5 heteroatoms. The minimum Gasteiger partial charge on any atom is -0.508 e. The molecule has 0 atom stereocenters. The van der Waals surface area contributed by atoms with Crippen LogP contribution in [0.1, 0.15) is 5.56 Å². The molecule has 2 rings (SSSR count). The number of ether oxygens (including phenoxy) is 2. The van der Waals surface area contributed by atoms with E-state index in [1.54, 1.807) is 50.6 Å². The van der Waals surface area contributed by atoms with Gasteiger partial charge in [-0.1, -0.05) is 6.07 Å². The van der Waals surface area contributed by atoms with Gasteiger partial charge in [0.1, 0.15) is 17.2 Å². The van der Waals surface area contributed by atoms with Crippen LogP contribution in [0.15, 0.2) is 48.5 Å². The van der Waals surface area contributed by atoms with E-state index in [9.17, 15) is 9.90 Å². The first-order chi connectivity index (χ1) is 10.6. The van der Waals surface area contributed by atoms with Gasteiger partial charge in [-0.3, -0.25) is 4.79 Å². The van der Waals surface area contributed by atoms with Crippen molar-refractivity contribution < 1.29 is 19.4 Å². The molecule has 0 unspecified atom stereocenters. The van der Waals surface area contributed by atoms with E-state index in [0.717, 1.165) is 5.56 Å². The SMILES string of the molecule is COc1ccc(/C=C/C(=O)Nc2cccc(O)c2)c(OC)c1. The van der Waals surface area contributed by atoms with Crippen LogP contribution in [0.5, 0.6) is 17.2 Å². The van der Waals surface area contributed by atoms with Crippen molar-refractivity contribution in [2.24, 2.45) is 0 Å². The topological polar surface area (TPSA) is 67.8 Å². The molecule has 0 aliphatic heterocycles. The molecular weight excluding hydrogens is 282 g/mol. The summed E-state index contributed by atoms with van der Waals surface area (Å²) >= 11 is 0. The molecule has 22 heavy (non-hydrogen) atoms. The van der Waals surface area contributed by atoms with Crippen LogP contribution >= 0.6 is 0 Å². The van der Waals surface area contributed by atoms with Gasteiger partial charge in [0.05, 0.1) is 14.2 Å². The monoisotopic (exact) mass is 299 g/mol. The first-order valence-corrected chi connectivity index (χ1v) is 6.62. The lowest BCUT2D eigenvalue weighted by molar-refractivity contribution is -0.111. The van der Waals surface area contributed by atoms with Crippen LogP contribution in [-0.4, -0.2) is 25.2 Å². The molecule has 0 aromatic heterocycles. The Labute approximate surface area is 128 Å². The zero-order valence-corrected chi connectivity index (χ0v) is 12.4. The third kappa shape index (κ3) is 4.02. The van der Waals surface area contributed by atoms with Gasteiger partial charge in [0.2, 0.25) is 5.91 Å². The second-order valence-corrected chi connectivity index (χ2v) is 4.48. The molecule has 0 saturated carbocycles. The average molecular weight is 299 g/mol. The van der Waals surface area contributed by atoms with Crippen LogP contribution in [-0.2, 0) is 4.79 Å². The summed E-state index contributed by atoms with van der Waals surface area (Å²) in [5, 5.41) is 12.0. The van der Waals surface area contributed by atoms with Crippen molar-refractivity contribution in [2.75, 3.05) is 19.5 Å². The number of aromatic hydroxyl groups is 1. The molecule has 0 bridgehead atoms. The molecule has 2 aromatic rings. The van der Waals surface area contributed by atoms with Crippen molar-refractivity contribution in [1.29, 1.82) is 0 Å². The number of carbonyl (C=O) groups is 1. The summed E-state index contributed by atoms with van der Waals surface area (Å²) in [5.41, 5.74) is 1.28. The zero-order valence-electron chi connectivity index (χ0n) is 12.4. The Morgan fingerprint density at radius 1 is 1.14 bits per heavy atom. The first-order valence-electron chi connectivity index (χ1n) is 6.62. The highest BCUT2D eigenvalue weighted by molar-refractivity contribution is 6.02. The van der Waals surface area contributed by atoms with Gasteiger partial charge in [-0.15, -0.1) is 0 Å². The molecule has 0 fully saturated rings. The van der Waals surface area contributed by atoms with Gasteiger partial charge in [-0.05, 0) is 30.3 Å². The molecular formula is C17H17NO4. The number of hydrogen-bond donors (Lipinski definition) is 2. The molecule has 2 aromatic carbocycles. The van der Waals surface area contributed by atoms with E-state index in [1.165, 1.54) is 18.2 Å². The average Bonchev–Trinajstić information content (AvgIpc) is 2.52. The summed E-state index contributed by atoms with van der Waals surface area (Å²) in [4.78, 5) is 11.9. The molecule has 0 saturated heterocycles. The minimum atomic E-state index is -0.302. The highest BCUT2D eigenvalue weighted by Gasteiger charge is 2.03. The van der Waals surface area contributed by atoms with E-state index in [1.807, 2.05) is 0 Å². The number of anilines is 1. The van der Waals surface area contributed by atoms with Crippen LogP contribution in [0.3, 0.4) is 0 Å². The summed E-state index contributed by atoms with van der Waals surface area (Å²) in [6.45, 7) is 0. The summed E-state index contributed by atoms with van der Waals surface area (Å²) in [7, 11) is 3.13. The van der Waals surface area contributed by atoms with Crippen LogP contribution in [0, 0.1) is 0 Å². The number of carbonyl (C=O) groups excluding carboxylic acids is 1. The smallest absolute Gasteiger partial charge is 0.248 e. The Morgan fingerprint density at radius 2 is 1.95 bits per heavy atom. The minimum absolute atomic E-state index is 0.0959. The van der Waals surface area contributed by atoms with Gasteiger partial charge in [0.25, 0.3) is 0 Å². The fourth-order valence-electron chi connectivity index (χ4n) is 1.89. The first kappa shape index (κ1) is 15.4. The maximum Gasteiger partial charge on any atom is 0.248 e. The quantitative estimate of drug-likeness (QED) is 0.833. The third-order valence-corrected chi connectivity index (χ3v) is 2.97. The van der Waals surface area contributed by atoms with Crippen LogP contribution in [0.4, 0.5) is 5.69 Å². The molecule has 0 aliphatic carbocycles. The predicted octanol–water partition coefficient (Wildman–Crippen LogP) is 3.06. The molecule has 0 spiro atoms. The molecule has 1 amide bonds. The number of benzene rings is 2. The molecule has 0 heterocycles. The maximum atomic E-state index is 11.9. The van der Waals surface area contributed by atoms with E-state index in [-0.39, 0.29) is 11.7 Å². The Hall–Kier alpha value is -2.95. The van der Waals surface area contributed by atoms with Gasteiger partial charge in [-0.25, -0.2) is 0 Å². The molecule has 0 aliphatic rings.